The summed E-state index contributed by atoms with van der Waals surface area (Å²) < 4.78 is 30.5. The summed E-state index contributed by atoms with van der Waals surface area (Å²) in [4.78, 5) is 26.9. The average molecular weight is 409 g/mol. The Hall–Kier alpha value is -1.93. The van der Waals surface area contributed by atoms with Crippen molar-refractivity contribution in [2.45, 2.75) is 49.5 Å². The van der Waals surface area contributed by atoms with E-state index in [9.17, 15) is 18.0 Å². The molecule has 8 heteroatoms. The van der Waals surface area contributed by atoms with Crippen LogP contribution in [0.4, 0.5) is 0 Å². The molecule has 1 amide bonds. The van der Waals surface area contributed by atoms with Crippen molar-refractivity contribution in [2.75, 3.05) is 27.2 Å². The number of carbonyl (C=O) groups excluding carboxylic acids is 2. The quantitative estimate of drug-likeness (QED) is 0.698. The van der Waals surface area contributed by atoms with Crippen LogP contribution in [-0.2, 0) is 19.6 Å². The van der Waals surface area contributed by atoms with Crippen LogP contribution < -0.4 is 0 Å². The average Bonchev–Trinajstić information content (AvgIpc) is 2.71. The number of likely N-dealkylation sites (tertiary alicyclic amines) is 1. The number of rotatable bonds is 5. The van der Waals surface area contributed by atoms with Gasteiger partial charge in [-0.2, -0.15) is 0 Å². The number of hydrogen-bond donors (Lipinski definition) is 0. The van der Waals surface area contributed by atoms with Gasteiger partial charge in [0, 0.05) is 26.7 Å². The molecule has 7 nitrogen and oxygen atoms in total. The van der Waals surface area contributed by atoms with Crippen LogP contribution in [0.1, 0.15) is 48.9 Å². The van der Waals surface area contributed by atoms with E-state index in [1.165, 1.54) is 57.6 Å². The SMILES string of the molecule is CN(C)S(=O)(=O)c1ccc(C(=O)OCC(=O)N2CCC[C@@H]3CCCC[C@H]32)cc1. The first-order valence-corrected chi connectivity index (χ1v) is 11.2. The fourth-order valence-electron chi connectivity index (χ4n) is 4.20. The molecule has 1 aliphatic heterocycles. The van der Waals surface area contributed by atoms with Gasteiger partial charge in [-0.1, -0.05) is 12.8 Å². The molecule has 0 spiro atoms. The monoisotopic (exact) mass is 408 g/mol. The maximum absolute atomic E-state index is 12.6. The minimum atomic E-state index is -3.55. The number of hydrogen-bond acceptors (Lipinski definition) is 5. The highest BCUT2D eigenvalue weighted by Gasteiger charge is 2.35. The highest BCUT2D eigenvalue weighted by Crippen LogP contribution is 2.35. The molecule has 1 saturated carbocycles. The molecule has 3 rings (SSSR count). The van der Waals surface area contributed by atoms with E-state index in [-0.39, 0.29) is 29.0 Å². The van der Waals surface area contributed by atoms with Crippen molar-refractivity contribution in [3.05, 3.63) is 29.8 Å². The molecular formula is C20H28N2O5S. The molecule has 1 aliphatic carbocycles. The van der Waals surface area contributed by atoms with Gasteiger partial charge in [0.2, 0.25) is 10.0 Å². The lowest BCUT2D eigenvalue weighted by Crippen LogP contribution is -2.50. The van der Waals surface area contributed by atoms with Gasteiger partial charge in [0.15, 0.2) is 6.61 Å². The molecule has 1 saturated heterocycles. The Bertz CT molecular complexity index is 818. The van der Waals surface area contributed by atoms with Crippen LogP contribution in [0.3, 0.4) is 0 Å². The van der Waals surface area contributed by atoms with Crippen LogP contribution in [0.2, 0.25) is 0 Å². The Labute approximate surface area is 166 Å². The second-order valence-electron chi connectivity index (χ2n) is 7.73. The molecule has 0 aromatic heterocycles. The van der Waals surface area contributed by atoms with E-state index in [1.807, 2.05) is 4.90 Å². The summed E-state index contributed by atoms with van der Waals surface area (Å²) >= 11 is 0. The van der Waals surface area contributed by atoms with Gasteiger partial charge in [-0.05, 0) is 55.9 Å². The number of amides is 1. The predicted molar refractivity (Wildman–Crippen MR) is 104 cm³/mol. The zero-order valence-corrected chi connectivity index (χ0v) is 17.3. The fraction of sp³-hybridized carbons (Fsp3) is 0.600. The highest BCUT2D eigenvalue weighted by molar-refractivity contribution is 7.89. The topological polar surface area (TPSA) is 84.0 Å². The molecule has 1 aromatic carbocycles. The molecule has 0 radical (unpaired) electrons. The number of carbonyl (C=O) groups is 2. The molecule has 1 aromatic rings. The molecule has 154 valence electrons. The molecule has 2 fully saturated rings. The van der Waals surface area contributed by atoms with Gasteiger partial charge >= 0.3 is 5.97 Å². The van der Waals surface area contributed by atoms with Crippen LogP contribution in [0.25, 0.3) is 0 Å². The summed E-state index contributed by atoms with van der Waals surface area (Å²) in [6.45, 7) is 0.453. The molecule has 1 heterocycles. The molecular weight excluding hydrogens is 380 g/mol. The Morgan fingerprint density at radius 2 is 1.71 bits per heavy atom. The second kappa shape index (κ2) is 8.61. The minimum Gasteiger partial charge on any atom is -0.452 e. The minimum absolute atomic E-state index is 0.0989. The molecule has 0 N–H and O–H groups in total. The number of piperidine rings is 1. The Morgan fingerprint density at radius 3 is 2.39 bits per heavy atom. The van der Waals surface area contributed by atoms with E-state index in [0.29, 0.717) is 5.92 Å². The smallest absolute Gasteiger partial charge is 0.338 e. The Morgan fingerprint density at radius 1 is 1.07 bits per heavy atom. The van der Waals surface area contributed by atoms with Gasteiger partial charge < -0.3 is 9.64 Å². The number of fused-ring (bicyclic) bond motifs is 1. The van der Waals surface area contributed by atoms with Crippen molar-refractivity contribution in [2.24, 2.45) is 5.92 Å². The third-order valence-electron chi connectivity index (χ3n) is 5.76. The second-order valence-corrected chi connectivity index (χ2v) is 9.88. The first kappa shape index (κ1) is 20.8. The maximum atomic E-state index is 12.6. The molecule has 0 unspecified atom stereocenters. The van der Waals surface area contributed by atoms with Gasteiger partial charge in [-0.25, -0.2) is 17.5 Å². The van der Waals surface area contributed by atoms with Crippen LogP contribution in [0, 0.1) is 5.92 Å². The number of esters is 1. The normalized spacial score (nSPS) is 22.6. The predicted octanol–water partition coefficient (Wildman–Crippen LogP) is 2.27. The first-order valence-electron chi connectivity index (χ1n) is 9.80. The summed E-state index contributed by atoms with van der Waals surface area (Å²) in [6.07, 6.45) is 6.77. The lowest BCUT2D eigenvalue weighted by atomic mass is 9.78. The number of nitrogens with zero attached hydrogens (tertiary/aromatic N) is 2. The maximum Gasteiger partial charge on any atom is 0.338 e. The zero-order valence-electron chi connectivity index (χ0n) is 16.5. The highest BCUT2D eigenvalue weighted by atomic mass is 32.2. The van der Waals surface area contributed by atoms with E-state index in [2.05, 4.69) is 0 Å². The lowest BCUT2D eigenvalue weighted by Gasteiger charge is -2.44. The first-order chi connectivity index (χ1) is 13.3. The molecule has 2 aliphatic rings. The van der Waals surface area contributed by atoms with E-state index in [0.717, 1.165) is 30.1 Å². The lowest BCUT2D eigenvalue weighted by molar-refractivity contribution is -0.140. The van der Waals surface area contributed by atoms with E-state index in [1.54, 1.807) is 0 Å². The van der Waals surface area contributed by atoms with Gasteiger partial charge in [0.05, 0.1) is 10.5 Å². The standard InChI is InChI=1S/C20H28N2O5S/c1-21(2)28(25,26)17-11-9-16(10-12-17)20(24)27-14-19(23)22-13-5-7-15-6-3-4-8-18(15)22/h9-12,15,18H,3-8,13-14H2,1-2H3/t15-,18+/m0/s1. The molecule has 2 atom stereocenters. The largest absolute Gasteiger partial charge is 0.452 e. The van der Waals surface area contributed by atoms with Crippen LogP contribution in [-0.4, -0.2) is 62.8 Å². The summed E-state index contributed by atoms with van der Waals surface area (Å²) in [5, 5.41) is 0. The van der Waals surface area contributed by atoms with Crippen LogP contribution >= 0.6 is 0 Å². The van der Waals surface area contributed by atoms with Crippen molar-refractivity contribution in [3.8, 4) is 0 Å². The summed E-state index contributed by atoms with van der Waals surface area (Å²) in [7, 11) is -0.661. The Balaban J connectivity index is 1.58. The number of sulfonamides is 1. The van der Waals surface area contributed by atoms with Crippen LogP contribution in [0.5, 0.6) is 0 Å². The molecule has 28 heavy (non-hydrogen) atoms. The van der Waals surface area contributed by atoms with Gasteiger partial charge in [0.1, 0.15) is 0 Å². The summed E-state index contributed by atoms with van der Waals surface area (Å²) in [5.41, 5.74) is 0.222. The van der Waals surface area contributed by atoms with Gasteiger partial charge in [-0.3, -0.25) is 4.79 Å². The zero-order chi connectivity index (χ0) is 20.3. The third-order valence-corrected chi connectivity index (χ3v) is 7.59. The number of ether oxygens (including phenoxy) is 1. The van der Waals surface area contributed by atoms with Gasteiger partial charge in [0.25, 0.3) is 5.91 Å². The van der Waals surface area contributed by atoms with Crippen molar-refractivity contribution in [1.29, 1.82) is 0 Å². The third kappa shape index (κ3) is 4.38. The van der Waals surface area contributed by atoms with Gasteiger partial charge in [-0.15, -0.1) is 0 Å². The fourth-order valence-corrected chi connectivity index (χ4v) is 5.10. The van der Waals surface area contributed by atoms with Crippen molar-refractivity contribution < 1.29 is 22.7 Å². The summed E-state index contributed by atoms with van der Waals surface area (Å²) in [6, 6.07) is 5.82. The summed E-state index contributed by atoms with van der Waals surface area (Å²) in [5.74, 6) is -0.190. The van der Waals surface area contributed by atoms with Crippen molar-refractivity contribution in [1.82, 2.24) is 9.21 Å². The van der Waals surface area contributed by atoms with E-state index in [4.69, 9.17) is 4.74 Å². The van der Waals surface area contributed by atoms with Crippen molar-refractivity contribution >= 4 is 21.9 Å². The van der Waals surface area contributed by atoms with Crippen molar-refractivity contribution in [3.63, 3.8) is 0 Å². The Kier molecular flexibility index (Phi) is 6.40. The van der Waals surface area contributed by atoms with E-state index < -0.39 is 16.0 Å². The molecule has 0 bridgehead atoms. The van der Waals surface area contributed by atoms with Crippen LogP contribution in [0.15, 0.2) is 29.2 Å². The number of benzene rings is 1. The van der Waals surface area contributed by atoms with E-state index >= 15 is 0 Å².